The zero-order valence-electron chi connectivity index (χ0n) is 23.4. The van der Waals surface area contributed by atoms with Crippen LogP contribution in [-0.2, 0) is 11.3 Å². The van der Waals surface area contributed by atoms with Crippen molar-refractivity contribution in [3.8, 4) is 5.75 Å². The lowest BCUT2D eigenvalue weighted by molar-refractivity contribution is 0.0336. The van der Waals surface area contributed by atoms with E-state index >= 15 is 4.39 Å². The van der Waals surface area contributed by atoms with E-state index < -0.39 is 11.9 Å². The van der Waals surface area contributed by atoms with Gasteiger partial charge in [-0.05, 0) is 55.2 Å². The maximum atomic E-state index is 16.1. The molecule has 1 aliphatic heterocycles. The standard InChI is InChI=1S/C31H36Cl2FN5O2/c1-3-4-5-6-24(21-7-8-22(38-16-21)19-39-11-13-40-14-12-39)30(34)31(36)25-15-23(9-10-28(25)35)41-20(2)29-26(32)17-37-18-27(29)33/h7-10,15-18,20,36H,3-6,11-14,19,35H2,1-2H3/b30-24+,36-31?/t20-/m1/s1. The summed E-state index contributed by atoms with van der Waals surface area (Å²) in [6, 6.07) is 8.68. The first-order valence-electron chi connectivity index (χ1n) is 13.9. The van der Waals surface area contributed by atoms with E-state index in [4.69, 9.17) is 43.8 Å². The van der Waals surface area contributed by atoms with Crippen LogP contribution in [0.15, 0.2) is 54.7 Å². The van der Waals surface area contributed by atoms with Gasteiger partial charge in [0.2, 0.25) is 0 Å². The van der Waals surface area contributed by atoms with Crippen molar-refractivity contribution in [2.45, 2.75) is 52.2 Å². The number of pyridine rings is 2. The minimum atomic E-state index is -0.624. The van der Waals surface area contributed by atoms with Gasteiger partial charge in [-0.1, -0.05) is 49.0 Å². The van der Waals surface area contributed by atoms with Crippen molar-refractivity contribution in [3.05, 3.63) is 87.2 Å². The number of unbranched alkanes of at least 4 members (excludes halogenated alkanes) is 2. The van der Waals surface area contributed by atoms with Gasteiger partial charge in [-0.2, -0.15) is 0 Å². The van der Waals surface area contributed by atoms with Gasteiger partial charge in [0.15, 0.2) is 5.83 Å². The van der Waals surface area contributed by atoms with Crippen LogP contribution in [0.25, 0.3) is 5.57 Å². The van der Waals surface area contributed by atoms with E-state index in [0.717, 1.165) is 51.3 Å². The van der Waals surface area contributed by atoms with Gasteiger partial charge in [0.25, 0.3) is 0 Å². The van der Waals surface area contributed by atoms with Crippen LogP contribution in [0.1, 0.15) is 68.0 Å². The first-order valence-corrected chi connectivity index (χ1v) is 14.6. The molecule has 0 saturated carbocycles. The second-order valence-electron chi connectivity index (χ2n) is 10.1. The minimum Gasteiger partial charge on any atom is -0.486 e. The lowest BCUT2D eigenvalue weighted by Gasteiger charge is -2.26. The van der Waals surface area contributed by atoms with Crippen LogP contribution < -0.4 is 10.5 Å². The highest BCUT2D eigenvalue weighted by atomic mass is 35.5. The van der Waals surface area contributed by atoms with E-state index in [1.165, 1.54) is 12.4 Å². The second kappa shape index (κ2) is 14.7. The number of hydrogen-bond acceptors (Lipinski definition) is 7. The first kappa shape index (κ1) is 30.9. The number of allylic oxidation sites excluding steroid dienone is 2. The molecule has 7 nitrogen and oxygen atoms in total. The summed E-state index contributed by atoms with van der Waals surface area (Å²) in [5.41, 5.74) is 9.05. The van der Waals surface area contributed by atoms with Gasteiger partial charge >= 0.3 is 0 Å². The second-order valence-corrected chi connectivity index (χ2v) is 10.9. The van der Waals surface area contributed by atoms with Crippen molar-refractivity contribution in [1.82, 2.24) is 14.9 Å². The molecule has 0 unspecified atom stereocenters. The normalized spacial score (nSPS) is 15.3. The van der Waals surface area contributed by atoms with Gasteiger partial charge in [0.05, 0.1) is 34.7 Å². The average molecular weight is 601 g/mol. The zero-order valence-corrected chi connectivity index (χ0v) is 24.9. The van der Waals surface area contributed by atoms with Crippen molar-refractivity contribution >= 4 is 40.2 Å². The topological polar surface area (TPSA) is 97.3 Å². The van der Waals surface area contributed by atoms with E-state index in [1.54, 1.807) is 31.3 Å². The molecule has 0 aliphatic carbocycles. The number of hydrogen-bond donors (Lipinski definition) is 2. The Labute approximate surface area is 251 Å². The molecule has 0 amide bonds. The number of nitrogens with one attached hydrogen (secondary N) is 1. The number of anilines is 1. The number of nitrogen functional groups attached to an aromatic ring is 1. The molecule has 3 heterocycles. The molecule has 1 saturated heterocycles. The molecule has 0 bridgehead atoms. The number of nitrogens with zero attached hydrogens (tertiary/aromatic N) is 3. The Kier molecular flexibility index (Phi) is 11.1. The highest BCUT2D eigenvalue weighted by Crippen LogP contribution is 2.34. The highest BCUT2D eigenvalue weighted by Gasteiger charge is 2.21. The van der Waals surface area contributed by atoms with Crippen LogP contribution in [0.5, 0.6) is 5.75 Å². The van der Waals surface area contributed by atoms with Crippen molar-refractivity contribution < 1.29 is 13.9 Å². The van der Waals surface area contributed by atoms with Gasteiger partial charge in [-0.25, -0.2) is 4.39 Å². The third-order valence-electron chi connectivity index (χ3n) is 7.08. The van der Waals surface area contributed by atoms with E-state index in [-0.39, 0.29) is 17.0 Å². The average Bonchev–Trinajstić information content (AvgIpc) is 2.97. The third-order valence-corrected chi connectivity index (χ3v) is 7.68. The van der Waals surface area contributed by atoms with Crippen molar-refractivity contribution in [3.63, 3.8) is 0 Å². The molecule has 10 heteroatoms. The molecular formula is C31H36Cl2FN5O2. The third kappa shape index (κ3) is 8.04. The molecular weight excluding hydrogens is 564 g/mol. The number of aromatic nitrogens is 2. The Hall–Kier alpha value is -3.04. The monoisotopic (exact) mass is 599 g/mol. The van der Waals surface area contributed by atoms with Gasteiger partial charge in [0, 0.05) is 55.0 Å². The number of ether oxygens (including phenoxy) is 2. The summed E-state index contributed by atoms with van der Waals surface area (Å²) in [7, 11) is 0. The molecule has 0 radical (unpaired) electrons. The molecule has 1 fully saturated rings. The molecule has 1 aromatic carbocycles. The predicted molar refractivity (Wildman–Crippen MR) is 163 cm³/mol. The summed E-state index contributed by atoms with van der Waals surface area (Å²) in [5.74, 6) is -0.217. The highest BCUT2D eigenvalue weighted by molar-refractivity contribution is 6.35. The number of rotatable bonds is 12. The predicted octanol–water partition coefficient (Wildman–Crippen LogP) is 7.67. The summed E-state index contributed by atoms with van der Waals surface area (Å²) in [4.78, 5) is 10.9. The lowest BCUT2D eigenvalue weighted by atomic mass is 9.95. The van der Waals surface area contributed by atoms with E-state index in [2.05, 4.69) is 21.8 Å². The van der Waals surface area contributed by atoms with Gasteiger partial charge in [0.1, 0.15) is 11.9 Å². The van der Waals surface area contributed by atoms with Crippen LogP contribution in [0.4, 0.5) is 10.1 Å². The Morgan fingerprint density at radius 3 is 2.51 bits per heavy atom. The SMILES string of the molecule is CCCCC/C(=C(\F)C(=N)c1cc(O[C@H](C)c2c(Cl)cncc2Cl)ccc1N)c1ccc(CN2CCOCC2)nc1. The molecule has 2 aromatic heterocycles. The number of nitrogens with two attached hydrogens (primary N) is 1. The number of benzene rings is 1. The minimum absolute atomic E-state index is 0.240. The van der Waals surface area contributed by atoms with Crippen molar-refractivity contribution in [2.24, 2.45) is 0 Å². The Balaban J connectivity index is 1.59. The van der Waals surface area contributed by atoms with Crippen LogP contribution >= 0.6 is 23.2 Å². The van der Waals surface area contributed by atoms with Crippen molar-refractivity contribution in [1.29, 1.82) is 5.41 Å². The summed E-state index contributed by atoms with van der Waals surface area (Å²) >= 11 is 12.6. The summed E-state index contributed by atoms with van der Waals surface area (Å²) in [6.45, 7) is 7.78. The van der Waals surface area contributed by atoms with E-state index in [1.807, 2.05) is 12.1 Å². The molecule has 1 aliphatic rings. The number of halogens is 3. The molecule has 4 rings (SSSR count). The Bertz CT molecular complexity index is 1360. The van der Waals surface area contributed by atoms with Gasteiger partial charge in [-0.15, -0.1) is 0 Å². The Morgan fingerprint density at radius 2 is 1.85 bits per heavy atom. The van der Waals surface area contributed by atoms with Crippen molar-refractivity contribution in [2.75, 3.05) is 32.0 Å². The summed E-state index contributed by atoms with van der Waals surface area (Å²) in [6.07, 6.45) is 7.42. The van der Waals surface area contributed by atoms with Crippen LogP contribution in [-0.4, -0.2) is 46.9 Å². The Morgan fingerprint density at radius 1 is 1.12 bits per heavy atom. The maximum Gasteiger partial charge on any atom is 0.152 e. The molecule has 1 atom stereocenters. The first-order chi connectivity index (χ1) is 19.8. The molecule has 0 spiro atoms. The van der Waals surface area contributed by atoms with Gasteiger partial charge in [-0.3, -0.25) is 20.3 Å². The van der Waals surface area contributed by atoms with Gasteiger partial charge < -0.3 is 15.2 Å². The molecule has 218 valence electrons. The fraction of sp³-hybridized carbons (Fsp3) is 0.387. The fourth-order valence-electron chi connectivity index (χ4n) is 4.78. The lowest BCUT2D eigenvalue weighted by Crippen LogP contribution is -2.35. The van der Waals surface area contributed by atoms with E-state index in [9.17, 15) is 0 Å². The molecule has 41 heavy (non-hydrogen) atoms. The fourth-order valence-corrected chi connectivity index (χ4v) is 5.46. The zero-order chi connectivity index (χ0) is 29.4. The number of morpholine rings is 1. The summed E-state index contributed by atoms with van der Waals surface area (Å²) < 4.78 is 27.6. The molecule has 3 aromatic rings. The summed E-state index contributed by atoms with van der Waals surface area (Å²) in [5, 5.41) is 9.56. The maximum absolute atomic E-state index is 16.1. The quantitative estimate of drug-likeness (QED) is 0.126. The van der Waals surface area contributed by atoms with Crippen LogP contribution in [0.3, 0.4) is 0 Å². The largest absolute Gasteiger partial charge is 0.486 e. The van der Waals surface area contributed by atoms with Crippen LogP contribution in [0, 0.1) is 5.41 Å². The smallest absolute Gasteiger partial charge is 0.152 e. The molecule has 3 N–H and O–H groups in total. The van der Waals surface area contributed by atoms with E-state index in [0.29, 0.717) is 45.5 Å². The van der Waals surface area contributed by atoms with Crippen LogP contribution in [0.2, 0.25) is 10.0 Å².